The average Bonchev–Trinajstić information content (AvgIpc) is 2.65. The summed E-state index contributed by atoms with van der Waals surface area (Å²) in [6.45, 7) is 0.970. The smallest absolute Gasteiger partial charge is 0.355 e. The first-order chi connectivity index (χ1) is 8.22. The fraction of sp³-hybridized carbons (Fsp3) is 0.250. The molecule has 0 spiro atoms. The fourth-order valence-electron chi connectivity index (χ4n) is 1.76. The molecular formula is C12H12N2O3. The summed E-state index contributed by atoms with van der Waals surface area (Å²) in [6.07, 6.45) is -0.112. The van der Waals surface area contributed by atoms with Crippen LogP contribution in [0.15, 0.2) is 24.3 Å². The summed E-state index contributed by atoms with van der Waals surface area (Å²) in [5.74, 6) is -0.354. The number of hydrogen-bond acceptors (Lipinski definition) is 4. The zero-order valence-electron chi connectivity index (χ0n) is 9.10. The SMILES string of the molecule is Nc1ccc2[nH]c(C(=O)OC3COC3)cc2c1. The van der Waals surface area contributed by atoms with Crippen LogP contribution in [0.3, 0.4) is 0 Å². The minimum Gasteiger partial charge on any atom is -0.453 e. The van der Waals surface area contributed by atoms with Gasteiger partial charge in [-0.3, -0.25) is 0 Å². The number of carbonyl (C=O) groups excluding carboxylic acids is 1. The van der Waals surface area contributed by atoms with Crippen molar-refractivity contribution in [1.29, 1.82) is 0 Å². The lowest BCUT2D eigenvalue weighted by atomic mass is 10.2. The molecular weight excluding hydrogens is 220 g/mol. The molecule has 5 heteroatoms. The summed E-state index contributed by atoms with van der Waals surface area (Å²) in [7, 11) is 0. The summed E-state index contributed by atoms with van der Waals surface area (Å²) < 4.78 is 10.1. The fourth-order valence-corrected chi connectivity index (χ4v) is 1.76. The molecule has 2 aromatic rings. The number of nitrogens with two attached hydrogens (primary N) is 1. The van der Waals surface area contributed by atoms with E-state index in [1.54, 1.807) is 12.1 Å². The normalized spacial score (nSPS) is 15.8. The van der Waals surface area contributed by atoms with Crippen LogP contribution in [-0.2, 0) is 9.47 Å². The second-order valence-electron chi connectivity index (χ2n) is 4.09. The first kappa shape index (κ1) is 10.2. The van der Waals surface area contributed by atoms with Crippen molar-refractivity contribution in [2.45, 2.75) is 6.10 Å². The van der Waals surface area contributed by atoms with Gasteiger partial charge >= 0.3 is 5.97 Å². The lowest BCUT2D eigenvalue weighted by Crippen LogP contribution is -2.37. The quantitative estimate of drug-likeness (QED) is 0.604. The second-order valence-corrected chi connectivity index (χ2v) is 4.09. The molecule has 0 saturated carbocycles. The Hall–Kier alpha value is -2.01. The molecule has 0 atom stereocenters. The van der Waals surface area contributed by atoms with Crippen LogP contribution in [0.25, 0.3) is 10.9 Å². The number of carbonyl (C=O) groups is 1. The number of nitrogens with one attached hydrogen (secondary N) is 1. The van der Waals surface area contributed by atoms with E-state index in [9.17, 15) is 4.79 Å². The van der Waals surface area contributed by atoms with E-state index in [0.717, 1.165) is 10.9 Å². The molecule has 0 radical (unpaired) electrons. The largest absolute Gasteiger partial charge is 0.453 e. The van der Waals surface area contributed by atoms with E-state index in [2.05, 4.69) is 4.98 Å². The van der Waals surface area contributed by atoms with Crippen LogP contribution < -0.4 is 5.73 Å². The van der Waals surface area contributed by atoms with Gasteiger partial charge in [-0.05, 0) is 24.3 Å². The van der Waals surface area contributed by atoms with Crippen LogP contribution in [0.4, 0.5) is 5.69 Å². The van der Waals surface area contributed by atoms with Crippen molar-refractivity contribution in [2.75, 3.05) is 18.9 Å². The summed E-state index contributed by atoms with van der Waals surface area (Å²) in [5.41, 5.74) is 7.66. The number of fused-ring (bicyclic) bond motifs is 1. The molecule has 1 saturated heterocycles. The molecule has 3 rings (SSSR count). The number of nitrogen functional groups attached to an aromatic ring is 1. The highest BCUT2D eigenvalue weighted by Crippen LogP contribution is 2.19. The first-order valence-corrected chi connectivity index (χ1v) is 5.39. The maximum atomic E-state index is 11.8. The van der Waals surface area contributed by atoms with Crippen molar-refractivity contribution in [2.24, 2.45) is 0 Å². The Morgan fingerprint density at radius 1 is 1.41 bits per heavy atom. The molecule has 1 aliphatic heterocycles. The van der Waals surface area contributed by atoms with E-state index in [1.165, 1.54) is 0 Å². The number of H-pyrrole nitrogens is 1. The topological polar surface area (TPSA) is 77.3 Å². The summed E-state index contributed by atoms with van der Waals surface area (Å²) in [4.78, 5) is 14.8. The van der Waals surface area contributed by atoms with Gasteiger partial charge in [0.05, 0.1) is 13.2 Å². The zero-order chi connectivity index (χ0) is 11.8. The Bertz CT molecular complexity index is 572. The van der Waals surface area contributed by atoms with Gasteiger partial charge in [-0.1, -0.05) is 0 Å². The molecule has 17 heavy (non-hydrogen) atoms. The lowest BCUT2D eigenvalue weighted by Gasteiger charge is -2.25. The number of hydrogen-bond donors (Lipinski definition) is 2. The van der Waals surface area contributed by atoms with Crippen LogP contribution in [0, 0.1) is 0 Å². The third-order valence-electron chi connectivity index (χ3n) is 2.75. The third-order valence-corrected chi connectivity index (χ3v) is 2.75. The predicted octanol–water partition coefficient (Wildman–Crippen LogP) is 1.31. The molecule has 1 aromatic carbocycles. The highest BCUT2D eigenvalue weighted by Gasteiger charge is 2.24. The Balaban J connectivity index is 1.86. The van der Waals surface area contributed by atoms with Crippen LogP contribution in [0.1, 0.15) is 10.5 Å². The molecule has 0 amide bonds. The number of aromatic nitrogens is 1. The van der Waals surface area contributed by atoms with Crippen molar-refractivity contribution >= 4 is 22.6 Å². The number of anilines is 1. The van der Waals surface area contributed by atoms with Crippen molar-refractivity contribution in [3.63, 3.8) is 0 Å². The van der Waals surface area contributed by atoms with Crippen molar-refractivity contribution in [3.8, 4) is 0 Å². The van der Waals surface area contributed by atoms with Crippen LogP contribution >= 0.6 is 0 Å². The van der Waals surface area contributed by atoms with E-state index in [0.29, 0.717) is 24.6 Å². The summed E-state index contributed by atoms with van der Waals surface area (Å²) in [5, 5.41) is 0.904. The number of benzene rings is 1. The number of ether oxygens (including phenoxy) is 2. The second kappa shape index (κ2) is 3.78. The average molecular weight is 232 g/mol. The van der Waals surface area contributed by atoms with Gasteiger partial charge in [0, 0.05) is 16.6 Å². The molecule has 1 aliphatic rings. The monoisotopic (exact) mass is 232 g/mol. The van der Waals surface area contributed by atoms with Gasteiger partial charge in [-0.2, -0.15) is 0 Å². The molecule has 0 unspecified atom stereocenters. The highest BCUT2D eigenvalue weighted by atomic mass is 16.6. The number of aromatic amines is 1. The number of rotatable bonds is 2. The Morgan fingerprint density at radius 2 is 2.24 bits per heavy atom. The third kappa shape index (κ3) is 1.85. The van der Waals surface area contributed by atoms with E-state index in [1.807, 2.05) is 12.1 Å². The zero-order valence-corrected chi connectivity index (χ0v) is 9.10. The van der Waals surface area contributed by atoms with E-state index in [4.69, 9.17) is 15.2 Å². The van der Waals surface area contributed by atoms with E-state index < -0.39 is 0 Å². The van der Waals surface area contributed by atoms with Gasteiger partial charge in [-0.25, -0.2) is 4.79 Å². The number of esters is 1. The van der Waals surface area contributed by atoms with Crippen molar-refractivity contribution in [3.05, 3.63) is 30.0 Å². The van der Waals surface area contributed by atoms with Crippen LogP contribution in [0.2, 0.25) is 0 Å². The molecule has 1 fully saturated rings. The van der Waals surface area contributed by atoms with Crippen LogP contribution in [-0.4, -0.2) is 30.3 Å². The van der Waals surface area contributed by atoms with Gasteiger partial charge < -0.3 is 20.2 Å². The molecule has 2 heterocycles. The summed E-state index contributed by atoms with van der Waals surface area (Å²) >= 11 is 0. The predicted molar refractivity (Wildman–Crippen MR) is 62.7 cm³/mol. The Labute approximate surface area is 97.5 Å². The maximum Gasteiger partial charge on any atom is 0.355 e. The minimum absolute atomic E-state index is 0.112. The molecule has 0 bridgehead atoms. The molecule has 0 aliphatic carbocycles. The van der Waals surface area contributed by atoms with Crippen molar-refractivity contribution in [1.82, 2.24) is 4.98 Å². The molecule has 3 N–H and O–H groups in total. The standard InChI is InChI=1S/C12H12N2O3/c13-8-1-2-10-7(3-8)4-11(14-10)12(15)17-9-5-16-6-9/h1-4,9,14H,5-6,13H2. The maximum absolute atomic E-state index is 11.8. The first-order valence-electron chi connectivity index (χ1n) is 5.39. The van der Waals surface area contributed by atoms with Gasteiger partial charge in [-0.15, -0.1) is 0 Å². The van der Waals surface area contributed by atoms with Gasteiger partial charge in [0.1, 0.15) is 11.8 Å². The van der Waals surface area contributed by atoms with E-state index >= 15 is 0 Å². The molecule has 88 valence electrons. The van der Waals surface area contributed by atoms with Crippen molar-refractivity contribution < 1.29 is 14.3 Å². The highest BCUT2D eigenvalue weighted by molar-refractivity contribution is 5.95. The Morgan fingerprint density at radius 3 is 2.94 bits per heavy atom. The summed E-state index contributed by atoms with van der Waals surface area (Å²) in [6, 6.07) is 7.18. The van der Waals surface area contributed by atoms with Crippen LogP contribution in [0.5, 0.6) is 0 Å². The minimum atomic E-state index is -0.354. The van der Waals surface area contributed by atoms with Gasteiger partial charge in [0.25, 0.3) is 0 Å². The molecule has 1 aromatic heterocycles. The van der Waals surface area contributed by atoms with E-state index in [-0.39, 0.29) is 12.1 Å². The van der Waals surface area contributed by atoms with Gasteiger partial charge in [0.2, 0.25) is 0 Å². The van der Waals surface area contributed by atoms with Gasteiger partial charge in [0.15, 0.2) is 0 Å². The Kier molecular flexibility index (Phi) is 2.26. The molecule has 5 nitrogen and oxygen atoms in total. The lowest BCUT2D eigenvalue weighted by molar-refractivity contribution is -0.103.